The zero-order chi connectivity index (χ0) is 11.7. The number of aromatic nitrogens is 3. The molecule has 0 aliphatic carbocycles. The van der Waals surface area contributed by atoms with Crippen LogP contribution in [0.2, 0.25) is 0 Å². The van der Waals surface area contributed by atoms with Gasteiger partial charge in [-0.25, -0.2) is 0 Å². The Morgan fingerprint density at radius 1 is 1.44 bits per heavy atom. The van der Waals surface area contributed by atoms with E-state index < -0.39 is 4.92 Å². The largest absolute Gasteiger partial charge is 0.317 e. The number of hydrogen-bond donors (Lipinski definition) is 0. The molecule has 6 nitrogen and oxygen atoms in total. The minimum atomic E-state index is -0.417. The highest BCUT2D eigenvalue weighted by molar-refractivity contribution is 5.63. The van der Waals surface area contributed by atoms with Gasteiger partial charge in [0.2, 0.25) is 0 Å². The first-order valence-corrected chi connectivity index (χ1v) is 4.69. The van der Waals surface area contributed by atoms with E-state index in [1.165, 1.54) is 12.1 Å². The third-order valence-corrected chi connectivity index (χ3v) is 2.38. The topological polar surface area (TPSA) is 73.8 Å². The maximum Gasteiger partial charge on any atom is 0.270 e. The van der Waals surface area contributed by atoms with E-state index in [4.69, 9.17) is 0 Å². The fraction of sp³-hybridized carbons (Fsp3) is 0.200. The van der Waals surface area contributed by atoms with Gasteiger partial charge in [0.25, 0.3) is 5.69 Å². The molecule has 0 atom stereocenters. The number of nitrogens with zero attached hydrogens (tertiary/aromatic N) is 4. The Hall–Kier alpha value is -2.24. The van der Waals surface area contributed by atoms with Gasteiger partial charge < -0.3 is 4.57 Å². The van der Waals surface area contributed by atoms with E-state index in [-0.39, 0.29) is 5.69 Å². The lowest BCUT2D eigenvalue weighted by atomic mass is 10.1. The number of nitro groups is 1. The van der Waals surface area contributed by atoms with Crippen molar-refractivity contribution in [1.82, 2.24) is 14.8 Å². The molecule has 0 bridgehead atoms. The first kappa shape index (κ1) is 10.3. The summed E-state index contributed by atoms with van der Waals surface area (Å²) < 4.78 is 1.73. The monoisotopic (exact) mass is 218 g/mol. The van der Waals surface area contributed by atoms with Gasteiger partial charge in [-0.1, -0.05) is 6.07 Å². The van der Waals surface area contributed by atoms with Crippen molar-refractivity contribution in [2.75, 3.05) is 0 Å². The van der Waals surface area contributed by atoms with Gasteiger partial charge in [0.1, 0.15) is 6.33 Å². The summed E-state index contributed by atoms with van der Waals surface area (Å²) in [7, 11) is 1.80. The maximum atomic E-state index is 10.7. The summed E-state index contributed by atoms with van der Waals surface area (Å²) in [5, 5.41) is 18.4. The molecule has 0 saturated heterocycles. The number of non-ortho nitro benzene ring substituents is 1. The molecule has 0 unspecified atom stereocenters. The standard InChI is InChI=1S/C10H10N4O2/c1-7-3-4-8(14(15)16)5-9(7)10-12-11-6-13(10)2/h3-6H,1-2H3. The van der Waals surface area contributed by atoms with Crippen molar-refractivity contribution in [2.45, 2.75) is 6.92 Å². The molecule has 0 aliphatic rings. The fourth-order valence-electron chi connectivity index (χ4n) is 1.49. The molecule has 1 heterocycles. The van der Waals surface area contributed by atoms with Crippen LogP contribution in [-0.2, 0) is 7.05 Å². The lowest BCUT2D eigenvalue weighted by molar-refractivity contribution is -0.384. The molecular formula is C10H10N4O2. The normalized spacial score (nSPS) is 10.4. The molecule has 1 aromatic heterocycles. The van der Waals surface area contributed by atoms with Crippen LogP contribution in [0.25, 0.3) is 11.4 Å². The van der Waals surface area contributed by atoms with Crippen molar-refractivity contribution < 1.29 is 4.92 Å². The molecule has 0 N–H and O–H groups in total. The van der Waals surface area contributed by atoms with Crippen LogP contribution in [0.3, 0.4) is 0 Å². The summed E-state index contributed by atoms with van der Waals surface area (Å²) in [6, 6.07) is 4.71. The van der Waals surface area contributed by atoms with Gasteiger partial charge in [-0.3, -0.25) is 10.1 Å². The Kier molecular flexibility index (Phi) is 2.40. The van der Waals surface area contributed by atoms with E-state index in [1.807, 2.05) is 6.92 Å². The van der Waals surface area contributed by atoms with E-state index in [0.717, 1.165) is 11.1 Å². The molecule has 0 amide bonds. The molecule has 2 aromatic rings. The SMILES string of the molecule is Cc1ccc([N+](=O)[O-])cc1-c1nncn1C. The van der Waals surface area contributed by atoms with Crippen LogP contribution in [0.15, 0.2) is 24.5 Å². The summed E-state index contributed by atoms with van der Waals surface area (Å²) in [6.07, 6.45) is 1.56. The predicted octanol–water partition coefficient (Wildman–Crippen LogP) is 1.70. The van der Waals surface area contributed by atoms with Gasteiger partial charge in [-0.05, 0) is 12.5 Å². The zero-order valence-electron chi connectivity index (χ0n) is 8.91. The van der Waals surface area contributed by atoms with Crippen LogP contribution >= 0.6 is 0 Å². The number of benzene rings is 1. The average Bonchev–Trinajstić information content (AvgIpc) is 2.65. The second-order valence-electron chi connectivity index (χ2n) is 3.52. The third-order valence-electron chi connectivity index (χ3n) is 2.38. The van der Waals surface area contributed by atoms with Crippen LogP contribution in [0.4, 0.5) is 5.69 Å². The number of aryl methyl sites for hydroxylation is 2. The van der Waals surface area contributed by atoms with Crippen molar-refractivity contribution in [3.63, 3.8) is 0 Å². The van der Waals surface area contributed by atoms with Crippen LogP contribution in [-0.4, -0.2) is 19.7 Å². The van der Waals surface area contributed by atoms with E-state index in [0.29, 0.717) is 5.82 Å². The molecule has 16 heavy (non-hydrogen) atoms. The quantitative estimate of drug-likeness (QED) is 0.568. The number of nitro benzene ring substituents is 1. The Balaban J connectivity index is 2.60. The lowest BCUT2D eigenvalue weighted by Gasteiger charge is -2.04. The third kappa shape index (κ3) is 1.65. The second-order valence-corrected chi connectivity index (χ2v) is 3.52. The summed E-state index contributed by atoms with van der Waals surface area (Å²) in [4.78, 5) is 10.3. The first-order valence-electron chi connectivity index (χ1n) is 4.69. The minimum Gasteiger partial charge on any atom is -0.317 e. The Morgan fingerprint density at radius 3 is 2.75 bits per heavy atom. The molecule has 2 rings (SSSR count). The zero-order valence-corrected chi connectivity index (χ0v) is 8.91. The molecular weight excluding hydrogens is 208 g/mol. The molecule has 0 fully saturated rings. The fourth-order valence-corrected chi connectivity index (χ4v) is 1.49. The second kappa shape index (κ2) is 3.73. The Bertz CT molecular complexity index is 548. The van der Waals surface area contributed by atoms with E-state index >= 15 is 0 Å². The average molecular weight is 218 g/mol. The molecule has 1 aromatic carbocycles. The van der Waals surface area contributed by atoms with Gasteiger partial charge in [0, 0.05) is 24.7 Å². The molecule has 0 aliphatic heterocycles. The van der Waals surface area contributed by atoms with Gasteiger partial charge in [0.05, 0.1) is 4.92 Å². The highest BCUT2D eigenvalue weighted by Gasteiger charge is 2.13. The van der Waals surface area contributed by atoms with Crippen molar-refractivity contribution >= 4 is 5.69 Å². The van der Waals surface area contributed by atoms with Crippen molar-refractivity contribution in [2.24, 2.45) is 7.05 Å². The van der Waals surface area contributed by atoms with Crippen molar-refractivity contribution in [1.29, 1.82) is 0 Å². The highest BCUT2D eigenvalue weighted by atomic mass is 16.6. The van der Waals surface area contributed by atoms with E-state index in [2.05, 4.69) is 10.2 Å². The first-order chi connectivity index (χ1) is 7.59. The van der Waals surface area contributed by atoms with Gasteiger partial charge in [0.15, 0.2) is 5.82 Å². The van der Waals surface area contributed by atoms with E-state index in [9.17, 15) is 10.1 Å². The van der Waals surface area contributed by atoms with Crippen LogP contribution in [0.5, 0.6) is 0 Å². The summed E-state index contributed by atoms with van der Waals surface area (Å²) in [6.45, 7) is 1.88. The molecule has 0 spiro atoms. The van der Waals surface area contributed by atoms with Gasteiger partial charge >= 0.3 is 0 Å². The minimum absolute atomic E-state index is 0.0589. The predicted molar refractivity (Wildman–Crippen MR) is 57.8 cm³/mol. The van der Waals surface area contributed by atoms with Crippen LogP contribution < -0.4 is 0 Å². The number of rotatable bonds is 2. The lowest BCUT2D eigenvalue weighted by Crippen LogP contribution is -1.95. The Morgan fingerprint density at radius 2 is 2.19 bits per heavy atom. The smallest absolute Gasteiger partial charge is 0.270 e. The van der Waals surface area contributed by atoms with Crippen molar-refractivity contribution in [3.8, 4) is 11.4 Å². The summed E-state index contributed by atoms with van der Waals surface area (Å²) >= 11 is 0. The summed E-state index contributed by atoms with van der Waals surface area (Å²) in [5.41, 5.74) is 1.72. The van der Waals surface area contributed by atoms with Gasteiger partial charge in [-0.2, -0.15) is 0 Å². The molecule has 0 saturated carbocycles. The highest BCUT2D eigenvalue weighted by Crippen LogP contribution is 2.25. The molecule has 6 heteroatoms. The molecule has 0 radical (unpaired) electrons. The maximum absolute atomic E-state index is 10.7. The Labute approximate surface area is 91.7 Å². The molecule has 82 valence electrons. The van der Waals surface area contributed by atoms with Crippen LogP contribution in [0, 0.1) is 17.0 Å². The number of hydrogen-bond acceptors (Lipinski definition) is 4. The summed E-state index contributed by atoms with van der Waals surface area (Å²) in [5.74, 6) is 0.626. The van der Waals surface area contributed by atoms with Gasteiger partial charge in [-0.15, -0.1) is 10.2 Å². The van der Waals surface area contributed by atoms with Crippen LogP contribution in [0.1, 0.15) is 5.56 Å². The van der Waals surface area contributed by atoms with E-state index in [1.54, 1.807) is 24.0 Å². The van der Waals surface area contributed by atoms with Crippen molar-refractivity contribution in [3.05, 3.63) is 40.2 Å².